The molecule has 3 rings (SSSR count). The second kappa shape index (κ2) is 12.9. The normalized spacial score (nSPS) is 21.6. The van der Waals surface area contributed by atoms with Gasteiger partial charge in [-0.15, -0.1) is 0 Å². The van der Waals surface area contributed by atoms with Crippen molar-refractivity contribution in [2.24, 2.45) is 0 Å². The van der Waals surface area contributed by atoms with Crippen LogP contribution < -0.4 is 24.8 Å². The third-order valence-electron chi connectivity index (χ3n) is 5.86. The Labute approximate surface area is 238 Å². The highest BCUT2D eigenvalue weighted by Gasteiger charge is 2.92. The van der Waals surface area contributed by atoms with E-state index in [2.05, 4.69) is 0 Å². The Morgan fingerprint density at radius 2 is 1.00 bits per heavy atom. The molecule has 37 heavy (non-hydrogen) atoms. The molecule has 2 unspecified atom stereocenters. The predicted octanol–water partition coefficient (Wildman–Crippen LogP) is -1.65. The highest BCUT2D eigenvalue weighted by atomic mass is 35.5. The maximum Gasteiger partial charge on any atom is 0.338 e. The number of ether oxygens (including phenoxy) is 2. The van der Waals surface area contributed by atoms with E-state index >= 15 is 8.78 Å². The first-order valence-electron chi connectivity index (χ1n) is 11.0. The van der Waals surface area contributed by atoms with Crippen LogP contribution in [-0.4, -0.2) is 80.6 Å². The summed E-state index contributed by atoms with van der Waals surface area (Å²) >= 11 is 12.3. The standard InChI is InChI=1S/C25H28Cl2F2N2O4.2ClH/c1-30(2)13-15-34-21(32)17-5-9-19(10-6-17)23(28)24(29,25(23,26)27)20-11-7-18(8-12-20)22(33)35-16-14-31(3)4;;/h5-12H,13-16H2,1-4H3;2*1H/p-2. The maximum absolute atomic E-state index is 16.0. The SMILES string of the molecule is CN(C)CCOC(=O)c1ccc(C2(F)C(Cl)(Cl)C2(F)c2ccc(C(=O)OCCN(C)C)cc2)cc1.[Cl-].[Cl-]. The molecule has 0 aliphatic heterocycles. The molecule has 6 nitrogen and oxygen atoms in total. The quantitative estimate of drug-likeness (QED) is 0.241. The van der Waals surface area contributed by atoms with Gasteiger partial charge in [0.2, 0.25) is 15.7 Å². The van der Waals surface area contributed by atoms with Gasteiger partial charge in [0, 0.05) is 13.1 Å². The van der Waals surface area contributed by atoms with Crippen LogP contribution in [0, 0.1) is 0 Å². The molecule has 206 valence electrons. The molecular formula is C25H28Cl4F2N2O4-2. The van der Waals surface area contributed by atoms with Gasteiger partial charge in [-0.3, -0.25) is 0 Å². The van der Waals surface area contributed by atoms with Crippen molar-refractivity contribution in [3.63, 3.8) is 0 Å². The summed E-state index contributed by atoms with van der Waals surface area (Å²) in [7, 11) is 7.38. The summed E-state index contributed by atoms with van der Waals surface area (Å²) in [5, 5.41) is 0. The lowest BCUT2D eigenvalue weighted by atomic mass is 9.99. The Balaban J connectivity index is 0.00000342. The van der Waals surface area contributed by atoms with E-state index in [1.807, 2.05) is 38.0 Å². The fraction of sp³-hybridized carbons (Fsp3) is 0.440. The molecule has 12 heteroatoms. The molecule has 2 atom stereocenters. The van der Waals surface area contributed by atoms with Crippen molar-refractivity contribution in [2.75, 3.05) is 54.5 Å². The molecule has 0 spiro atoms. The first kappa shape index (κ1) is 33.3. The number of benzene rings is 2. The summed E-state index contributed by atoms with van der Waals surface area (Å²) in [6.45, 7) is 1.49. The highest BCUT2D eigenvalue weighted by molar-refractivity contribution is 6.53. The molecule has 0 saturated heterocycles. The third kappa shape index (κ3) is 6.32. The van der Waals surface area contributed by atoms with Gasteiger partial charge < -0.3 is 44.1 Å². The van der Waals surface area contributed by atoms with E-state index < -0.39 is 27.6 Å². The van der Waals surface area contributed by atoms with Crippen molar-refractivity contribution >= 4 is 35.1 Å². The monoisotopic (exact) mass is 598 g/mol. The molecule has 2 aromatic carbocycles. The van der Waals surface area contributed by atoms with E-state index in [-0.39, 0.29) is 60.3 Å². The molecule has 0 N–H and O–H groups in total. The van der Waals surface area contributed by atoms with Gasteiger partial charge in [-0.25, -0.2) is 18.4 Å². The molecule has 0 aromatic heterocycles. The van der Waals surface area contributed by atoms with E-state index in [4.69, 9.17) is 32.7 Å². The predicted molar refractivity (Wildman–Crippen MR) is 131 cm³/mol. The van der Waals surface area contributed by atoms with E-state index in [1.54, 1.807) is 0 Å². The number of halogens is 6. The van der Waals surface area contributed by atoms with Crippen molar-refractivity contribution < 1.29 is 52.7 Å². The number of hydrogen-bond donors (Lipinski definition) is 0. The van der Waals surface area contributed by atoms with Crippen molar-refractivity contribution in [1.82, 2.24) is 9.80 Å². The van der Waals surface area contributed by atoms with Gasteiger partial charge in [0.15, 0.2) is 0 Å². The molecule has 1 aliphatic carbocycles. The van der Waals surface area contributed by atoms with Crippen molar-refractivity contribution in [3.05, 3.63) is 70.8 Å². The smallest absolute Gasteiger partial charge is 0.338 e. The van der Waals surface area contributed by atoms with Gasteiger partial charge in [-0.05, 0) is 63.6 Å². The lowest BCUT2D eigenvalue weighted by molar-refractivity contribution is -0.00100. The number of alkyl halides is 4. The van der Waals surface area contributed by atoms with Gasteiger partial charge >= 0.3 is 11.9 Å². The van der Waals surface area contributed by atoms with Crippen molar-refractivity contribution in [2.45, 2.75) is 15.7 Å². The Bertz CT molecular complexity index is 988. The Hall–Kier alpha value is -1.68. The van der Waals surface area contributed by atoms with E-state index in [0.717, 1.165) is 0 Å². The van der Waals surface area contributed by atoms with E-state index in [0.29, 0.717) is 13.1 Å². The number of rotatable bonds is 10. The van der Waals surface area contributed by atoms with Gasteiger partial charge in [0.25, 0.3) is 0 Å². The first-order chi connectivity index (χ1) is 16.4. The Kier molecular flexibility index (Phi) is 11.6. The van der Waals surface area contributed by atoms with Crippen molar-refractivity contribution in [3.8, 4) is 0 Å². The molecular weight excluding hydrogens is 572 g/mol. The first-order valence-corrected chi connectivity index (χ1v) is 11.7. The van der Waals surface area contributed by atoms with Crippen LogP contribution in [0.4, 0.5) is 8.78 Å². The largest absolute Gasteiger partial charge is 1.00 e. The zero-order chi connectivity index (χ0) is 26.0. The molecule has 1 aliphatic rings. The second-order valence-electron chi connectivity index (χ2n) is 8.92. The number of carbonyl (C=O) groups excluding carboxylic acids is 2. The Morgan fingerprint density at radius 3 is 1.27 bits per heavy atom. The lowest BCUT2D eigenvalue weighted by Crippen LogP contribution is -3.00. The fourth-order valence-electron chi connectivity index (χ4n) is 3.66. The van der Waals surface area contributed by atoms with Crippen LogP contribution in [-0.2, 0) is 20.8 Å². The van der Waals surface area contributed by atoms with Crippen LogP contribution in [0.15, 0.2) is 48.5 Å². The molecule has 2 aromatic rings. The molecule has 0 radical (unpaired) electrons. The van der Waals surface area contributed by atoms with Crippen LogP contribution in [0.5, 0.6) is 0 Å². The summed E-state index contributed by atoms with van der Waals surface area (Å²) < 4.78 is 39.9. The maximum atomic E-state index is 16.0. The molecule has 0 amide bonds. The second-order valence-corrected chi connectivity index (χ2v) is 10.3. The van der Waals surface area contributed by atoms with Crippen LogP contribution in [0.1, 0.15) is 31.8 Å². The lowest BCUT2D eigenvalue weighted by Gasteiger charge is -2.14. The minimum absolute atomic E-state index is 0. The summed E-state index contributed by atoms with van der Waals surface area (Å²) in [5.41, 5.74) is -5.42. The molecule has 0 heterocycles. The van der Waals surface area contributed by atoms with Crippen molar-refractivity contribution in [1.29, 1.82) is 0 Å². The van der Waals surface area contributed by atoms with Gasteiger partial charge in [-0.1, -0.05) is 47.5 Å². The van der Waals surface area contributed by atoms with Crippen LogP contribution >= 0.6 is 23.2 Å². The third-order valence-corrected chi connectivity index (χ3v) is 6.90. The topological polar surface area (TPSA) is 59.1 Å². The zero-order valence-corrected chi connectivity index (χ0v) is 23.8. The minimum Gasteiger partial charge on any atom is -1.00 e. The summed E-state index contributed by atoms with van der Waals surface area (Å²) in [6, 6.07) is 10.4. The molecule has 1 saturated carbocycles. The average molecular weight is 600 g/mol. The number of likely N-dealkylation sites (N-methyl/N-ethyl adjacent to an activating group) is 2. The van der Waals surface area contributed by atoms with Crippen LogP contribution in [0.2, 0.25) is 0 Å². The number of hydrogen-bond acceptors (Lipinski definition) is 6. The van der Waals surface area contributed by atoms with E-state index in [9.17, 15) is 9.59 Å². The van der Waals surface area contributed by atoms with Gasteiger partial charge in [0.1, 0.15) is 13.2 Å². The summed E-state index contributed by atoms with van der Waals surface area (Å²) in [6.07, 6.45) is 0. The fourth-order valence-corrected chi connectivity index (χ4v) is 4.52. The summed E-state index contributed by atoms with van der Waals surface area (Å²) in [4.78, 5) is 28.0. The average Bonchev–Trinajstić information content (AvgIpc) is 3.18. The highest BCUT2D eigenvalue weighted by Crippen LogP contribution is 2.80. The van der Waals surface area contributed by atoms with Gasteiger partial charge in [-0.2, -0.15) is 0 Å². The number of carbonyl (C=O) groups is 2. The molecule has 1 fully saturated rings. The minimum atomic E-state index is -2.77. The number of esters is 2. The zero-order valence-electron chi connectivity index (χ0n) is 20.7. The Morgan fingerprint density at radius 1 is 0.703 bits per heavy atom. The molecule has 0 bridgehead atoms. The number of nitrogens with zero attached hydrogens (tertiary/aromatic N) is 2. The van der Waals surface area contributed by atoms with Gasteiger partial charge in [0.05, 0.1) is 11.1 Å². The van der Waals surface area contributed by atoms with E-state index in [1.165, 1.54) is 48.5 Å². The summed E-state index contributed by atoms with van der Waals surface area (Å²) in [5.74, 6) is -1.16. The van der Waals surface area contributed by atoms with Crippen LogP contribution in [0.3, 0.4) is 0 Å². The van der Waals surface area contributed by atoms with Crippen LogP contribution in [0.25, 0.3) is 0 Å².